The first-order valence-corrected chi connectivity index (χ1v) is 10.3. The van der Waals surface area contributed by atoms with Gasteiger partial charge in [-0.1, -0.05) is 63.1 Å². The Bertz CT molecular complexity index is 894. The molecule has 0 aliphatic carbocycles. The lowest BCUT2D eigenvalue weighted by atomic mass is 10.0. The summed E-state index contributed by atoms with van der Waals surface area (Å²) in [5.41, 5.74) is 4.10. The first-order chi connectivity index (χ1) is 14.2. The predicted octanol–water partition coefficient (Wildman–Crippen LogP) is 6.70. The van der Waals surface area contributed by atoms with Gasteiger partial charge in [-0.05, 0) is 65.9 Å². The maximum absolute atomic E-state index is 12.4. The van der Waals surface area contributed by atoms with Crippen LogP contribution in [0.2, 0.25) is 0 Å². The van der Waals surface area contributed by atoms with Gasteiger partial charge in [-0.25, -0.2) is 4.79 Å². The van der Waals surface area contributed by atoms with E-state index in [1.54, 1.807) is 24.3 Å². The van der Waals surface area contributed by atoms with E-state index in [2.05, 4.69) is 38.1 Å². The van der Waals surface area contributed by atoms with Crippen molar-refractivity contribution in [3.63, 3.8) is 0 Å². The number of ether oxygens (including phenoxy) is 2. The number of aryl methyl sites for hydroxylation is 1. The molecular formula is C26H28O3. The van der Waals surface area contributed by atoms with Crippen LogP contribution in [-0.4, -0.2) is 12.6 Å². The molecule has 0 aliphatic rings. The second-order valence-electron chi connectivity index (χ2n) is 7.09. The highest BCUT2D eigenvalue weighted by Crippen LogP contribution is 2.22. The molecule has 0 aliphatic heterocycles. The summed E-state index contributed by atoms with van der Waals surface area (Å²) in [7, 11) is 0. The second-order valence-corrected chi connectivity index (χ2v) is 7.09. The molecule has 0 radical (unpaired) electrons. The first kappa shape index (κ1) is 20.7. The summed E-state index contributed by atoms with van der Waals surface area (Å²) in [4.78, 5) is 12.4. The number of hydrogen-bond acceptors (Lipinski definition) is 3. The molecule has 3 aromatic rings. The average Bonchev–Trinajstić information content (AvgIpc) is 2.76. The Morgan fingerprint density at radius 3 is 1.90 bits per heavy atom. The minimum Gasteiger partial charge on any atom is -0.494 e. The van der Waals surface area contributed by atoms with Crippen LogP contribution in [0.25, 0.3) is 11.1 Å². The molecule has 0 atom stereocenters. The minimum atomic E-state index is -0.366. The molecule has 0 saturated carbocycles. The van der Waals surface area contributed by atoms with Crippen molar-refractivity contribution in [1.82, 2.24) is 0 Å². The summed E-state index contributed by atoms with van der Waals surface area (Å²) in [6, 6.07) is 23.3. The van der Waals surface area contributed by atoms with Gasteiger partial charge in [0.1, 0.15) is 11.5 Å². The van der Waals surface area contributed by atoms with E-state index in [1.165, 1.54) is 5.56 Å². The van der Waals surface area contributed by atoms with Crippen LogP contribution in [0, 0.1) is 0 Å². The SMILES string of the molecule is CCCCOc1ccc(OC(=O)c2ccc(-c3ccc(CCC)cc3)cc2)cc1. The fourth-order valence-electron chi connectivity index (χ4n) is 3.06. The van der Waals surface area contributed by atoms with Gasteiger partial charge in [0.15, 0.2) is 0 Å². The van der Waals surface area contributed by atoms with Gasteiger partial charge in [0.05, 0.1) is 12.2 Å². The molecule has 3 rings (SSSR count). The number of carbonyl (C=O) groups is 1. The van der Waals surface area contributed by atoms with Crippen LogP contribution in [0.4, 0.5) is 0 Å². The van der Waals surface area contributed by atoms with E-state index in [4.69, 9.17) is 9.47 Å². The highest BCUT2D eigenvalue weighted by molar-refractivity contribution is 5.91. The Morgan fingerprint density at radius 2 is 1.31 bits per heavy atom. The Balaban J connectivity index is 1.60. The van der Waals surface area contributed by atoms with Gasteiger partial charge in [-0.3, -0.25) is 0 Å². The summed E-state index contributed by atoms with van der Waals surface area (Å²) < 4.78 is 11.1. The summed E-state index contributed by atoms with van der Waals surface area (Å²) in [5.74, 6) is 0.926. The Morgan fingerprint density at radius 1 is 0.724 bits per heavy atom. The van der Waals surface area contributed by atoms with Crippen LogP contribution >= 0.6 is 0 Å². The zero-order chi connectivity index (χ0) is 20.5. The third-order valence-corrected chi connectivity index (χ3v) is 4.75. The van der Waals surface area contributed by atoms with Crippen molar-refractivity contribution >= 4 is 5.97 Å². The zero-order valence-electron chi connectivity index (χ0n) is 17.2. The molecule has 0 bridgehead atoms. The van der Waals surface area contributed by atoms with E-state index in [0.29, 0.717) is 17.9 Å². The molecule has 0 aromatic heterocycles. The molecule has 150 valence electrons. The van der Waals surface area contributed by atoms with Crippen molar-refractivity contribution in [3.8, 4) is 22.6 Å². The number of carbonyl (C=O) groups excluding carboxylic acids is 1. The molecule has 0 heterocycles. The van der Waals surface area contributed by atoms with Crippen molar-refractivity contribution in [1.29, 1.82) is 0 Å². The van der Waals surface area contributed by atoms with Crippen LogP contribution < -0.4 is 9.47 Å². The van der Waals surface area contributed by atoms with E-state index < -0.39 is 0 Å². The maximum Gasteiger partial charge on any atom is 0.343 e. The highest BCUT2D eigenvalue weighted by atomic mass is 16.5. The Hall–Kier alpha value is -3.07. The lowest BCUT2D eigenvalue weighted by molar-refractivity contribution is 0.0734. The van der Waals surface area contributed by atoms with E-state index >= 15 is 0 Å². The molecule has 29 heavy (non-hydrogen) atoms. The zero-order valence-corrected chi connectivity index (χ0v) is 17.2. The largest absolute Gasteiger partial charge is 0.494 e. The van der Waals surface area contributed by atoms with Gasteiger partial charge in [-0.2, -0.15) is 0 Å². The Kier molecular flexibility index (Phi) is 7.46. The Labute approximate surface area is 173 Å². The van der Waals surface area contributed by atoms with Gasteiger partial charge in [-0.15, -0.1) is 0 Å². The second kappa shape index (κ2) is 10.5. The third-order valence-electron chi connectivity index (χ3n) is 4.75. The summed E-state index contributed by atoms with van der Waals surface area (Å²) in [6.45, 7) is 5.01. The lowest BCUT2D eigenvalue weighted by Crippen LogP contribution is -2.08. The number of hydrogen-bond donors (Lipinski definition) is 0. The average molecular weight is 389 g/mol. The molecule has 0 amide bonds. The van der Waals surface area contributed by atoms with Crippen molar-refractivity contribution in [2.45, 2.75) is 39.5 Å². The van der Waals surface area contributed by atoms with Crippen LogP contribution in [0.3, 0.4) is 0 Å². The molecule has 0 N–H and O–H groups in total. The van der Waals surface area contributed by atoms with Gasteiger partial charge < -0.3 is 9.47 Å². The lowest BCUT2D eigenvalue weighted by Gasteiger charge is -2.08. The monoisotopic (exact) mass is 388 g/mol. The fourth-order valence-corrected chi connectivity index (χ4v) is 3.06. The topological polar surface area (TPSA) is 35.5 Å². The molecule has 3 aromatic carbocycles. The van der Waals surface area contributed by atoms with E-state index in [9.17, 15) is 4.79 Å². The van der Waals surface area contributed by atoms with Crippen molar-refractivity contribution in [3.05, 3.63) is 83.9 Å². The number of benzene rings is 3. The predicted molar refractivity (Wildman–Crippen MR) is 118 cm³/mol. The standard InChI is InChI=1S/C26H28O3/c1-3-5-19-28-24-15-17-25(18-16-24)29-26(27)23-13-11-22(12-14-23)21-9-7-20(6-4-2)8-10-21/h7-18H,3-6,19H2,1-2H3. The molecule has 0 unspecified atom stereocenters. The summed E-state index contributed by atoms with van der Waals surface area (Å²) in [5, 5.41) is 0. The normalized spacial score (nSPS) is 10.6. The molecule has 3 nitrogen and oxygen atoms in total. The van der Waals surface area contributed by atoms with E-state index in [-0.39, 0.29) is 5.97 Å². The van der Waals surface area contributed by atoms with E-state index in [1.807, 2.05) is 24.3 Å². The summed E-state index contributed by atoms with van der Waals surface area (Å²) in [6.07, 6.45) is 4.36. The van der Waals surface area contributed by atoms with Gasteiger partial charge in [0, 0.05) is 0 Å². The molecule has 3 heteroatoms. The molecule has 0 saturated heterocycles. The van der Waals surface area contributed by atoms with Gasteiger partial charge >= 0.3 is 5.97 Å². The quantitative estimate of drug-likeness (QED) is 0.232. The van der Waals surface area contributed by atoms with Crippen LogP contribution in [0.5, 0.6) is 11.5 Å². The van der Waals surface area contributed by atoms with Crippen molar-refractivity contribution in [2.75, 3.05) is 6.61 Å². The van der Waals surface area contributed by atoms with Crippen LogP contribution in [0.15, 0.2) is 72.8 Å². The highest BCUT2D eigenvalue weighted by Gasteiger charge is 2.09. The fraction of sp³-hybridized carbons (Fsp3) is 0.269. The van der Waals surface area contributed by atoms with Crippen molar-refractivity contribution in [2.24, 2.45) is 0 Å². The molecular weight excluding hydrogens is 360 g/mol. The first-order valence-electron chi connectivity index (χ1n) is 10.3. The van der Waals surface area contributed by atoms with Gasteiger partial charge in [0.25, 0.3) is 0 Å². The minimum absolute atomic E-state index is 0.366. The molecule has 0 fully saturated rings. The summed E-state index contributed by atoms with van der Waals surface area (Å²) >= 11 is 0. The number of esters is 1. The maximum atomic E-state index is 12.4. The molecule has 0 spiro atoms. The number of rotatable bonds is 9. The number of unbranched alkanes of at least 4 members (excludes halogenated alkanes) is 1. The smallest absolute Gasteiger partial charge is 0.343 e. The van der Waals surface area contributed by atoms with Gasteiger partial charge in [0.2, 0.25) is 0 Å². The van der Waals surface area contributed by atoms with Crippen LogP contribution in [-0.2, 0) is 6.42 Å². The van der Waals surface area contributed by atoms with E-state index in [0.717, 1.165) is 42.6 Å². The van der Waals surface area contributed by atoms with Crippen molar-refractivity contribution < 1.29 is 14.3 Å². The van der Waals surface area contributed by atoms with Crippen LogP contribution in [0.1, 0.15) is 49.0 Å². The third kappa shape index (κ3) is 5.95.